The van der Waals surface area contributed by atoms with E-state index >= 15 is 0 Å². The molecule has 0 radical (unpaired) electrons. The first-order chi connectivity index (χ1) is 12.3. The van der Waals surface area contributed by atoms with E-state index in [0.29, 0.717) is 5.69 Å². The Hall–Kier alpha value is -3.09. The fourth-order valence-electron chi connectivity index (χ4n) is 2.49. The number of hydrogen-bond acceptors (Lipinski definition) is 3. The van der Waals surface area contributed by atoms with Crippen LogP contribution in [0.4, 0.5) is 18.9 Å². The summed E-state index contributed by atoms with van der Waals surface area (Å²) in [6.07, 6.45) is -3.63. The third-order valence-electron chi connectivity index (χ3n) is 3.91. The summed E-state index contributed by atoms with van der Waals surface area (Å²) < 4.78 is 44.1. The number of nitrogens with zero attached hydrogens (tertiary/aromatic N) is 1. The monoisotopic (exact) mass is 360 g/mol. The van der Waals surface area contributed by atoms with Crippen molar-refractivity contribution in [2.45, 2.75) is 19.5 Å². The van der Waals surface area contributed by atoms with Gasteiger partial charge in [0.2, 0.25) is 5.55 Å². The average molecular weight is 360 g/mol. The molecule has 0 fully saturated rings. The molecule has 0 bridgehead atoms. The zero-order chi connectivity index (χ0) is 18.9. The number of fused-ring (bicyclic) bond motifs is 1. The van der Waals surface area contributed by atoms with E-state index in [2.05, 4.69) is 4.99 Å². The number of aryl methyl sites for hydroxylation is 1. The van der Waals surface area contributed by atoms with Crippen molar-refractivity contribution in [3.8, 4) is 0 Å². The molecule has 3 aromatic rings. The van der Waals surface area contributed by atoms with Crippen LogP contribution in [-0.4, -0.2) is 5.91 Å². The maximum absolute atomic E-state index is 12.9. The van der Waals surface area contributed by atoms with Gasteiger partial charge in [0.15, 0.2) is 0 Å². The maximum atomic E-state index is 12.9. The highest BCUT2D eigenvalue weighted by Crippen LogP contribution is 2.31. The Kier molecular flexibility index (Phi) is 4.54. The number of hydrogen-bond donors (Lipinski definition) is 1. The molecule has 2 N–H and O–H groups in total. The number of carbonyl (C=O) groups is 1. The number of rotatable bonds is 3. The van der Waals surface area contributed by atoms with E-state index in [1.807, 2.05) is 19.1 Å². The first-order valence-electron chi connectivity index (χ1n) is 7.86. The minimum atomic E-state index is -4.49. The van der Waals surface area contributed by atoms with Gasteiger partial charge in [0.1, 0.15) is 11.1 Å². The lowest BCUT2D eigenvalue weighted by atomic mass is 10.1. The van der Waals surface area contributed by atoms with Crippen molar-refractivity contribution in [2.24, 2.45) is 10.7 Å². The van der Waals surface area contributed by atoms with Crippen LogP contribution in [0.25, 0.3) is 11.0 Å². The van der Waals surface area contributed by atoms with E-state index in [1.165, 1.54) is 12.1 Å². The molecular formula is C19H15F3N2O2. The van der Waals surface area contributed by atoms with Crippen molar-refractivity contribution < 1.29 is 22.4 Å². The van der Waals surface area contributed by atoms with Gasteiger partial charge in [-0.05, 0) is 48.4 Å². The zero-order valence-corrected chi connectivity index (χ0v) is 13.8. The average Bonchev–Trinajstić information content (AvgIpc) is 2.60. The van der Waals surface area contributed by atoms with Crippen LogP contribution in [0.3, 0.4) is 0 Å². The van der Waals surface area contributed by atoms with E-state index in [9.17, 15) is 18.0 Å². The predicted octanol–water partition coefficient (Wildman–Crippen LogP) is 4.35. The molecule has 1 amide bonds. The number of primary amides is 1. The molecule has 2 aromatic carbocycles. The second-order valence-electron chi connectivity index (χ2n) is 5.71. The third kappa shape index (κ3) is 3.61. The molecule has 134 valence electrons. The van der Waals surface area contributed by atoms with Crippen molar-refractivity contribution in [1.82, 2.24) is 0 Å². The molecule has 0 aliphatic rings. The number of nitrogens with two attached hydrogens (primary N) is 1. The molecule has 0 saturated carbocycles. The van der Waals surface area contributed by atoms with Gasteiger partial charge < -0.3 is 10.2 Å². The first-order valence-corrected chi connectivity index (χ1v) is 7.86. The van der Waals surface area contributed by atoms with E-state index in [-0.39, 0.29) is 22.1 Å². The van der Waals surface area contributed by atoms with Crippen molar-refractivity contribution >= 4 is 22.6 Å². The molecule has 1 aromatic heterocycles. The van der Waals surface area contributed by atoms with Crippen LogP contribution >= 0.6 is 0 Å². The number of amides is 1. The molecule has 0 aliphatic carbocycles. The van der Waals surface area contributed by atoms with Crippen LogP contribution in [0.1, 0.15) is 28.4 Å². The first kappa shape index (κ1) is 17.7. The molecule has 0 aliphatic heterocycles. The molecule has 7 heteroatoms. The molecule has 3 rings (SSSR count). The maximum Gasteiger partial charge on any atom is 0.416 e. The lowest BCUT2D eigenvalue weighted by Crippen LogP contribution is -2.21. The normalized spacial score (nSPS) is 12.5. The van der Waals surface area contributed by atoms with Crippen LogP contribution in [0.2, 0.25) is 0 Å². The summed E-state index contributed by atoms with van der Waals surface area (Å²) in [7, 11) is 0. The molecule has 26 heavy (non-hydrogen) atoms. The van der Waals surface area contributed by atoms with Gasteiger partial charge in [-0.1, -0.05) is 19.1 Å². The van der Waals surface area contributed by atoms with Crippen LogP contribution in [0.15, 0.2) is 57.9 Å². The molecule has 0 saturated heterocycles. The molecular weight excluding hydrogens is 345 g/mol. The van der Waals surface area contributed by atoms with Crippen LogP contribution in [0, 0.1) is 0 Å². The summed E-state index contributed by atoms with van der Waals surface area (Å²) in [6.45, 7) is 2.02. The standard InChI is InChI=1S/C19H15F3N2O2/c1-2-11-3-6-14(7-4-11)24-18-15(17(23)25)10-12-9-13(19(20,21)22)5-8-16(12)26-18/h3-10H,2H2,1H3,(H2,23,25)/b24-18-. The van der Waals surface area contributed by atoms with Gasteiger partial charge in [-0.15, -0.1) is 0 Å². The van der Waals surface area contributed by atoms with Gasteiger partial charge in [0, 0.05) is 5.39 Å². The smallest absolute Gasteiger partial charge is 0.416 e. The van der Waals surface area contributed by atoms with Crippen LogP contribution < -0.4 is 11.3 Å². The Morgan fingerprint density at radius 2 is 1.81 bits per heavy atom. The van der Waals surface area contributed by atoms with Crippen molar-refractivity contribution in [2.75, 3.05) is 0 Å². The minimum absolute atomic E-state index is 0.0472. The fraction of sp³-hybridized carbons (Fsp3) is 0.158. The van der Waals surface area contributed by atoms with Gasteiger partial charge in [0.05, 0.1) is 11.3 Å². The van der Waals surface area contributed by atoms with E-state index in [0.717, 1.165) is 24.1 Å². The Labute approximate surface area is 146 Å². The van der Waals surface area contributed by atoms with Crippen molar-refractivity contribution in [3.63, 3.8) is 0 Å². The second-order valence-corrected chi connectivity index (χ2v) is 5.71. The molecule has 0 unspecified atom stereocenters. The van der Waals surface area contributed by atoms with E-state index in [4.69, 9.17) is 10.2 Å². The lowest BCUT2D eigenvalue weighted by molar-refractivity contribution is -0.137. The summed E-state index contributed by atoms with van der Waals surface area (Å²) in [4.78, 5) is 16.0. The van der Waals surface area contributed by atoms with Gasteiger partial charge in [-0.25, -0.2) is 4.99 Å². The highest BCUT2D eigenvalue weighted by Gasteiger charge is 2.30. The molecule has 1 heterocycles. The summed E-state index contributed by atoms with van der Waals surface area (Å²) in [5, 5.41) is 0.119. The zero-order valence-electron chi connectivity index (χ0n) is 13.8. The van der Waals surface area contributed by atoms with Crippen LogP contribution in [0.5, 0.6) is 0 Å². The lowest BCUT2D eigenvalue weighted by Gasteiger charge is -2.08. The highest BCUT2D eigenvalue weighted by molar-refractivity contribution is 5.95. The van der Waals surface area contributed by atoms with E-state index in [1.54, 1.807) is 12.1 Å². The fourth-order valence-corrected chi connectivity index (χ4v) is 2.49. The Morgan fingerprint density at radius 1 is 1.12 bits per heavy atom. The Morgan fingerprint density at radius 3 is 2.38 bits per heavy atom. The Balaban J connectivity index is 2.19. The largest absolute Gasteiger partial charge is 0.438 e. The molecule has 0 atom stereocenters. The quantitative estimate of drug-likeness (QED) is 0.755. The molecule has 4 nitrogen and oxygen atoms in total. The van der Waals surface area contributed by atoms with Crippen molar-refractivity contribution in [3.05, 3.63) is 70.8 Å². The second kappa shape index (κ2) is 6.67. The summed E-state index contributed by atoms with van der Waals surface area (Å²) in [6, 6.07) is 11.6. The highest BCUT2D eigenvalue weighted by atomic mass is 19.4. The number of halogens is 3. The number of benzene rings is 2. The van der Waals surface area contributed by atoms with Gasteiger partial charge in [0.25, 0.3) is 5.91 Å². The van der Waals surface area contributed by atoms with Gasteiger partial charge in [-0.2, -0.15) is 13.2 Å². The van der Waals surface area contributed by atoms with E-state index < -0.39 is 17.6 Å². The summed E-state index contributed by atoms with van der Waals surface area (Å²) >= 11 is 0. The van der Waals surface area contributed by atoms with Gasteiger partial charge in [-0.3, -0.25) is 4.79 Å². The summed E-state index contributed by atoms with van der Waals surface area (Å²) in [5.41, 5.74) is 6.21. The van der Waals surface area contributed by atoms with Crippen LogP contribution in [-0.2, 0) is 12.6 Å². The molecule has 0 spiro atoms. The SMILES string of the molecule is CCc1ccc(/N=c2\oc3ccc(C(F)(F)F)cc3cc2C(N)=O)cc1. The predicted molar refractivity (Wildman–Crippen MR) is 90.8 cm³/mol. The number of carbonyl (C=O) groups excluding carboxylic acids is 1. The van der Waals surface area contributed by atoms with Gasteiger partial charge >= 0.3 is 6.18 Å². The minimum Gasteiger partial charge on any atom is -0.438 e. The van der Waals surface area contributed by atoms with Crippen molar-refractivity contribution in [1.29, 1.82) is 0 Å². The third-order valence-corrected chi connectivity index (χ3v) is 3.91. The number of alkyl halides is 3. The Bertz CT molecular complexity index is 1040. The topological polar surface area (TPSA) is 68.6 Å². The summed E-state index contributed by atoms with van der Waals surface area (Å²) in [5.74, 6) is -0.836.